The molecule has 0 radical (unpaired) electrons. The number of benzene rings is 4. The van der Waals surface area contributed by atoms with Crippen LogP contribution < -0.4 is 4.18 Å². The van der Waals surface area contributed by atoms with Gasteiger partial charge in [0.15, 0.2) is 5.78 Å². The molecular formula is C28H24O4S. The third kappa shape index (κ3) is 5.57. The average Bonchev–Trinajstić information content (AvgIpc) is 2.84. The van der Waals surface area contributed by atoms with E-state index in [9.17, 15) is 13.2 Å². The molecule has 166 valence electrons. The lowest BCUT2D eigenvalue weighted by molar-refractivity contribution is 0.0977. The SMILES string of the molecule is Cc1ccc(S(=O)(=O)Oc2ccc(C(=O)CC(c3ccccc3)c3ccccc3)cc2)cc1. The molecule has 0 heterocycles. The minimum atomic E-state index is -3.94. The monoisotopic (exact) mass is 456 g/mol. The maximum Gasteiger partial charge on any atom is 0.339 e. The Morgan fingerprint density at radius 3 is 1.76 bits per heavy atom. The highest BCUT2D eigenvalue weighted by Gasteiger charge is 2.20. The molecule has 0 bridgehead atoms. The highest BCUT2D eigenvalue weighted by atomic mass is 32.2. The number of Topliss-reactive ketones (excluding diaryl/α,β-unsaturated/α-hetero) is 1. The van der Waals surface area contributed by atoms with Crippen LogP contribution >= 0.6 is 0 Å². The van der Waals surface area contributed by atoms with Crippen LogP contribution in [0.4, 0.5) is 0 Å². The highest BCUT2D eigenvalue weighted by Crippen LogP contribution is 2.30. The highest BCUT2D eigenvalue weighted by molar-refractivity contribution is 7.87. The van der Waals surface area contributed by atoms with Crippen LogP contribution in [0.1, 0.15) is 39.4 Å². The van der Waals surface area contributed by atoms with Crippen molar-refractivity contribution >= 4 is 15.9 Å². The molecule has 0 saturated carbocycles. The van der Waals surface area contributed by atoms with Gasteiger partial charge < -0.3 is 4.18 Å². The van der Waals surface area contributed by atoms with Crippen molar-refractivity contribution in [3.8, 4) is 5.75 Å². The number of carbonyl (C=O) groups is 1. The lowest BCUT2D eigenvalue weighted by Crippen LogP contribution is -2.11. The summed E-state index contributed by atoms with van der Waals surface area (Å²) in [6.07, 6.45) is 0.301. The summed E-state index contributed by atoms with van der Waals surface area (Å²) in [4.78, 5) is 13.2. The quantitative estimate of drug-likeness (QED) is 0.235. The molecule has 4 rings (SSSR count). The Labute approximate surface area is 194 Å². The van der Waals surface area contributed by atoms with Gasteiger partial charge in [-0.2, -0.15) is 8.42 Å². The smallest absolute Gasteiger partial charge is 0.339 e. The van der Waals surface area contributed by atoms with Crippen LogP contribution in [0.3, 0.4) is 0 Å². The molecule has 4 aromatic carbocycles. The molecule has 0 aliphatic rings. The van der Waals surface area contributed by atoms with Crippen LogP contribution in [0.15, 0.2) is 114 Å². The zero-order valence-corrected chi connectivity index (χ0v) is 19.0. The van der Waals surface area contributed by atoms with Gasteiger partial charge in [0, 0.05) is 17.9 Å². The zero-order chi connectivity index (χ0) is 23.3. The average molecular weight is 457 g/mol. The Kier molecular flexibility index (Phi) is 6.71. The van der Waals surface area contributed by atoms with Crippen LogP contribution in [0.2, 0.25) is 0 Å². The lowest BCUT2D eigenvalue weighted by Gasteiger charge is -2.17. The molecule has 5 heteroatoms. The summed E-state index contributed by atoms with van der Waals surface area (Å²) in [5.41, 5.74) is 3.61. The fourth-order valence-corrected chi connectivity index (χ4v) is 4.61. The van der Waals surface area contributed by atoms with Crippen molar-refractivity contribution in [2.75, 3.05) is 0 Å². The van der Waals surface area contributed by atoms with E-state index >= 15 is 0 Å². The van der Waals surface area contributed by atoms with Crippen molar-refractivity contribution in [3.63, 3.8) is 0 Å². The van der Waals surface area contributed by atoms with E-state index in [1.807, 2.05) is 67.6 Å². The Morgan fingerprint density at radius 1 is 0.727 bits per heavy atom. The van der Waals surface area contributed by atoms with Crippen LogP contribution in [-0.2, 0) is 10.1 Å². The molecule has 0 saturated heterocycles. The Balaban J connectivity index is 1.51. The number of ketones is 1. The maximum absolute atomic E-state index is 13.1. The van der Waals surface area contributed by atoms with E-state index in [2.05, 4.69) is 0 Å². The molecule has 0 unspecified atom stereocenters. The molecule has 4 nitrogen and oxygen atoms in total. The van der Waals surface area contributed by atoms with Gasteiger partial charge in [0.05, 0.1) is 0 Å². The van der Waals surface area contributed by atoms with E-state index in [1.54, 1.807) is 24.3 Å². The second-order valence-electron chi connectivity index (χ2n) is 7.88. The van der Waals surface area contributed by atoms with Gasteiger partial charge in [-0.1, -0.05) is 78.4 Å². The summed E-state index contributed by atoms with van der Waals surface area (Å²) in [5, 5.41) is 0. The Bertz CT molecular complexity index is 1270. The van der Waals surface area contributed by atoms with Crippen molar-refractivity contribution in [1.82, 2.24) is 0 Å². The predicted octanol–water partition coefficient (Wildman–Crippen LogP) is 6.17. The van der Waals surface area contributed by atoms with Gasteiger partial charge in [-0.15, -0.1) is 0 Å². The van der Waals surface area contributed by atoms with Crippen molar-refractivity contribution in [1.29, 1.82) is 0 Å². The summed E-state index contributed by atoms with van der Waals surface area (Å²) < 4.78 is 30.2. The Hall–Kier alpha value is -3.70. The minimum absolute atomic E-state index is 0.0272. The number of carbonyl (C=O) groups excluding carboxylic acids is 1. The van der Waals surface area contributed by atoms with Gasteiger partial charge in [-0.25, -0.2) is 0 Å². The van der Waals surface area contributed by atoms with Gasteiger partial charge >= 0.3 is 10.1 Å². The van der Waals surface area contributed by atoms with E-state index in [-0.39, 0.29) is 22.3 Å². The zero-order valence-electron chi connectivity index (χ0n) is 18.2. The standard InChI is InChI=1S/C28H24O4S/c1-21-12-18-26(19-13-21)33(30,31)32-25-16-14-24(15-17-25)28(29)20-27(22-8-4-2-5-9-22)23-10-6-3-7-11-23/h2-19,27H,20H2,1H3. The molecule has 0 aromatic heterocycles. The molecule has 0 atom stereocenters. The molecule has 33 heavy (non-hydrogen) atoms. The number of aryl methyl sites for hydroxylation is 1. The van der Waals surface area contributed by atoms with Gasteiger partial charge in [-0.05, 0) is 54.4 Å². The Morgan fingerprint density at radius 2 is 1.24 bits per heavy atom. The summed E-state index contributed by atoms with van der Waals surface area (Å²) in [7, 11) is -3.94. The second kappa shape index (κ2) is 9.84. The fraction of sp³-hybridized carbons (Fsp3) is 0.107. The third-order valence-electron chi connectivity index (χ3n) is 5.49. The van der Waals surface area contributed by atoms with E-state index < -0.39 is 10.1 Å². The van der Waals surface area contributed by atoms with E-state index in [0.717, 1.165) is 16.7 Å². The molecule has 0 fully saturated rings. The summed E-state index contributed by atoms with van der Waals surface area (Å²) >= 11 is 0. The largest absolute Gasteiger partial charge is 0.379 e. The second-order valence-corrected chi connectivity index (χ2v) is 9.42. The third-order valence-corrected chi connectivity index (χ3v) is 6.75. The number of rotatable bonds is 8. The first kappa shape index (κ1) is 22.5. The molecule has 0 aliphatic carbocycles. The van der Waals surface area contributed by atoms with Gasteiger partial charge in [-0.3, -0.25) is 4.79 Å². The molecule has 0 aliphatic heterocycles. The first-order valence-corrected chi connectivity index (χ1v) is 12.1. The topological polar surface area (TPSA) is 60.4 Å². The van der Waals surface area contributed by atoms with Gasteiger partial charge in [0.25, 0.3) is 0 Å². The molecule has 0 amide bonds. The van der Waals surface area contributed by atoms with Crippen molar-refractivity contribution in [2.24, 2.45) is 0 Å². The van der Waals surface area contributed by atoms with E-state index in [1.165, 1.54) is 24.3 Å². The fourth-order valence-electron chi connectivity index (χ4n) is 3.68. The summed E-state index contributed by atoms with van der Waals surface area (Å²) in [5.74, 6) is 0.0631. The lowest BCUT2D eigenvalue weighted by atomic mass is 9.86. The minimum Gasteiger partial charge on any atom is -0.379 e. The first-order valence-electron chi connectivity index (χ1n) is 10.7. The first-order chi connectivity index (χ1) is 15.9. The van der Waals surface area contributed by atoms with E-state index in [4.69, 9.17) is 4.18 Å². The predicted molar refractivity (Wildman–Crippen MR) is 129 cm³/mol. The summed E-state index contributed by atoms with van der Waals surface area (Å²) in [6.45, 7) is 1.88. The molecule has 0 N–H and O–H groups in total. The maximum atomic E-state index is 13.1. The van der Waals surface area contributed by atoms with Crippen LogP contribution in [0.5, 0.6) is 5.75 Å². The number of hydrogen-bond acceptors (Lipinski definition) is 4. The van der Waals surface area contributed by atoms with Crippen LogP contribution in [-0.4, -0.2) is 14.2 Å². The van der Waals surface area contributed by atoms with Crippen molar-refractivity contribution in [3.05, 3.63) is 131 Å². The summed E-state index contributed by atoms with van der Waals surface area (Å²) in [6, 6.07) is 32.6. The molecular weight excluding hydrogens is 432 g/mol. The van der Waals surface area contributed by atoms with Gasteiger partial charge in [0.2, 0.25) is 0 Å². The van der Waals surface area contributed by atoms with Crippen molar-refractivity contribution in [2.45, 2.75) is 24.2 Å². The van der Waals surface area contributed by atoms with Crippen molar-refractivity contribution < 1.29 is 17.4 Å². The normalized spacial score (nSPS) is 11.3. The van der Waals surface area contributed by atoms with E-state index in [0.29, 0.717) is 12.0 Å². The van der Waals surface area contributed by atoms with Crippen LogP contribution in [0, 0.1) is 6.92 Å². The van der Waals surface area contributed by atoms with Gasteiger partial charge in [0.1, 0.15) is 10.6 Å². The molecule has 4 aromatic rings. The molecule has 0 spiro atoms. The number of hydrogen-bond donors (Lipinski definition) is 0. The van der Waals surface area contributed by atoms with Crippen LogP contribution in [0.25, 0.3) is 0 Å².